The molecule has 0 bridgehead atoms. The van der Waals surface area contributed by atoms with E-state index in [1.54, 1.807) is 11.0 Å². The highest BCUT2D eigenvalue weighted by Crippen LogP contribution is 2.17. The number of amides is 1. The van der Waals surface area contributed by atoms with E-state index in [1.165, 1.54) is 6.33 Å². The van der Waals surface area contributed by atoms with Gasteiger partial charge < -0.3 is 10.6 Å². The highest BCUT2D eigenvalue weighted by Gasteiger charge is 2.16. The molecule has 2 aromatic rings. The van der Waals surface area contributed by atoms with E-state index in [0.29, 0.717) is 18.9 Å². The number of piperidine rings is 1. The zero-order valence-corrected chi connectivity index (χ0v) is 12.5. The van der Waals surface area contributed by atoms with Gasteiger partial charge >= 0.3 is 0 Å². The number of anilines is 1. The zero-order valence-electron chi connectivity index (χ0n) is 12.5. The van der Waals surface area contributed by atoms with Gasteiger partial charge in [0.1, 0.15) is 12.7 Å². The van der Waals surface area contributed by atoms with E-state index in [2.05, 4.69) is 20.7 Å². The monoisotopic (exact) mass is 299 g/mol. The topological polar surface area (TPSA) is 71.8 Å². The third kappa shape index (κ3) is 4.14. The summed E-state index contributed by atoms with van der Waals surface area (Å²) in [5.41, 5.74) is 1.98. The van der Waals surface area contributed by atoms with Gasteiger partial charge in [-0.3, -0.25) is 4.79 Å². The highest BCUT2D eigenvalue weighted by molar-refractivity contribution is 5.90. The van der Waals surface area contributed by atoms with E-state index in [9.17, 15) is 4.79 Å². The number of carbonyl (C=O) groups excluding carboxylic acids is 1. The molecule has 1 fully saturated rings. The van der Waals surface area contributed by atoms with E-state index >= 15 is 0 Å². The fraction of sp³-hybridized carbons (Fsp3) is 0.438. The molecule has 3 rings (SSSR count). The van der Waals surface area contributed by atoms with Crippen molar-refractivity contribution >= 4 is 11.6 Å². The number of carbonyl (C=O) groups is 1. The fourth-order valence-corrected chi connectivity index (χ4v) is 2.75. The molecule has 6 nitrogen and oxygen atoms in total. The molecule has 1 saturated heterocycles. The minimum Gasteiger partial charge on any atom is -0.326 e. The van der Waals surface area contributed by atoms with Gasteiger partial charge in [-0.2, -0.15) is 5.10 Å². The maximum atomic E-state index is 12.1. The standard InChI is InChI=1S/C16H21N5O/c22-16(9-13-5-7-17-8-6-13)20-15-3-1-14(2-4-15)10-21-12-18-11-19-21/h1-4,11-13,17H,5-10H2,(H,20,22). The average molecular weight is 299 g/mol. The molecular weight excluding hydrogens is 278 g/mol. The van der Waals surface area contributed by atoms with Crippen molar-refractivity contribution in [1.29, 1.82) is 0 Å². The van der Waals surface area contributed by atoms with Crippen molar-refractivity contribution in [3.8, 4) is 0 Å². The van der Waals surface area contributed by atoms with Gasteiger partial charge in [-0.1, -0.05) is 12.1 Å². The second-order valence-electron chi connectivity index (χ2n) is 5.74. The number of nitrogens with zero attached hydrogens (tertiary/aromatic N) is 3. The van der Waals surface area contributed by atoms with Crippen LogP contribution < -0.4 is 10.6 Å². The molecule has 2 heterocycles. The summed E-state index contributed by atoms with van der Waals surface area (Å²) >= 11 is 0. The molecule has 2 N–H and O–H groups in total. The van der Waals surface area contributed by atoms with Crippen molar-refractivity contribution in [2.75, 3.05) is 18.4 Å². The van der Waals surface area contributed by atoms with Gasteiger partial charge in [-0.25, -0.2) is 9.67 Å². The predicted molar refractivity (Wildman–Crippen MR) is 84.4 cm³/mol. The SMILES string of the molecule is O=C(CC1CCNCC1)Nc1ccc(Cn2cncn2)cc1. The summed E-state index contributed by atoms with van der Waals surface area (Å²) in [6.07, 6.45) is 6.00. The minimum absolute atomic E-state index is 0.107. The number of hydrogen-bond donors (Lipinski definition) is 2. The van der Waals surface area contributed by atoms with Crippen molar-refractivity contribution in [3.05, 3.63) is 42.5 Å². The summed E-state index contributed by atoms with van der Waals surface area (Å²) in [4.78, 5) is 16.0. The largest absolute Gasteiger partial charge is 0.326 e. The number of benzene rings is 1. The molecule has 0 spiro atoms. The van der Waals surface area contributed by atoms with Crippen LogP contribution in [0.25, 0.3) is 0 Å². The second kappa shape index (κ2) is 7.17. The molecule has 0 radical (unpaired) electrons. The van der Waals surface area contributed by atoms with Crippen molar-refractivity contribution < 1.29 is 4.79 Å². The van der Waals surface area contributed by atoms with Gasteiger partial charge in [-0.05, 0) is 49.5 Å². The summed E-state index contributed by atoms with van der Waals surface area (Å²) < 4.78 is 1.77. The Morgan fingerprint density at radius 1 is 1.27 bits per heavy atom. The molecule has 0 unspecified atom stereocenters. The lowest BCUT2D eigenvalue weighted by Crippen LogP contribution is -2.30. The van der Waals surface area contributed by atoms with E-state index in [4.69, 9.17) is 0 Å². The molecule has 1 aliphatic heterocycles. The van der Waals surface area contributed by atoms with E-state index < -0.39 is 0 Å². The molecule has 22 heavy (non-hydrogen) atoms. The van der Waals surface area contributed by atoms with Crippen LogP contribution in [-0.4, -0.2) is 33.8 Å². The Balaban J connectivity index is 1.50. The quantitative estimate of drug-likeness (QED) is 0.880. The maximum Gasteiger partial charge on any atom is 0.224 e. The van der Waals surface area contributed by atoms with Gasteiger partial charge in [0.25, 0.3) is 0 Å². The number of rotatable bonds is 5. The van der Waals surface area contributed by atoms with Crippen LogP contribution in [-0.2, 0) is 11.3 Å². The van der Waals surface area contributed by atoms with Crippen molar-refractivity contribution in [1.82, 2.24) is 20.1 Å². The third-order valence-electron chi connectivity index (χ3n) is 3.98. The van der Waals surface area contributed by atoms with Crippen LogP contribution in [0.3, 0.4) is 0 Å². The Bertz CT molecular complexity index is 588. The second-order valence-corrected chi connectivity index (χ2v) is 5.74. The summed E-state index contributed by atoms with van der Waals surface area (Å²) in [7, 11) is 0. The lowest BCUT2D eigenvalue weighted by Gasteiger charge is -2.21. The first kappa shape index (κ1) is 14.7. The molecule has 1 aromatic heterocycles. The molecule has 0 aliphatic carbocycles. The van der Waals surface area contributed by atoms with E-state index in [-0.39, 0.29) is 5.91 Å². The molecule has 0 saturated carbocycles. The Morgan fingerprint density at radius 2 is 2.05 bits per heavy atom. The smallest absolute Gasteiger partial charge is 0.224 e. The molecule has 0 atom stereocenters. The van der Waals surface area contributed by atoms with Crippen LogP contribution in [0.15, 0.2) is 36.9 Å². The van der Waals surface area contributed by atoms with Crippen molar-refractivity contribution in [3.63, 3.8) is 0 Å². The van der Waals surface area contributed by atoms with Crippen molar-refractivity contribution in [2.45, 2.75) is 25.8 Å². The van der Waals surface area contributed by atoms with Crippen LogP contribution in [0, 0.1) is 5.92 Å². The molecular formula is C16H21N5O. The van der Waals surface area contributed by atoms with Crippen molar-refractivity contribution in [2.24, 2.45) is 5.92 Å². The number of aromatic nitrogens is 3. The Kier molecular flexibility index (Phi) is 4.80. The summed E-state index contributed by atoms with van der Waals surface area (Å²) in [5, 5.41) is 10.4. The molecule has 1 aliphatic rings. The van der Waals surface area contributed by atoms with Crippen LogP contribution in [0.1, 0.15) is 24.8 Å². The van der Waals surface area contributed by atoms with Crippen LogP contribution >= 0.6 is 0 Å². The lowest BCUT2D eigenvalue weighted by molar-refractivity contribution is -0.117. The zero-order chi connectivity index (χ0) is 15.2. The minimum atomic E-state index is 0.107. The number of hydrogen-bond acceptors (Lipinski definition) is 4. The lowest BCUT2D eigenvalue weighted by atomic mass is 9.94. The Hall–Kier alpha value is -2.21. The Labute approximate surface area is 129 Å². The normalized spacial score (nSPS) is 15.6. The summed E-state index contributed by atoms with van der Waals surface area (Å²) in [6.45, 7) is 2.73. The summed E-state index contributed by atoms with van der Waals surface area (Å²) in [6, 6.07) is 7.88. The van der Waals surface area contributed by atoms with Crippen LogP contribution in [0.4, 0.5) is 5.69 Å². The predicted octanol–water partition coefficient (Wildman–Crippen LogP) is 1.65. The van der Waals surface area contributed by atoms with Gasteiger partial charge in [0, 0.05) is 12.1 Å². The van der Waals surface area contributed by atoms with Crippen LogP contribution in [0.5, 0.6) is 0 Å². The third-order valence-corrected chi connectivity index (χ3v) is 3.98. The Morgan fingerprint density at radius 3 is 2.73 bits per heavy atom. The van der Waals surface area contributed by atoms with E-state index in [0.717, 1.165) is 37.2 Å². The van der Waals surface area contributed by atoms with Gasteiger partial charge in [0.2, 0.25) is 5.91 Å². The first-order valence-electron chi connectivity index (χ1n) is 7.71. The first-order valence-corrected chi connectivity index (χ1v) is 7.71. The average Bonchev–Trinajstić information content (AvgIpc) is 3.03. The molecule has 6 heteroatoms. The fourth-order valence-electron chi connectivity index (χ4n) is 2.75. The van der Waals surface area contributed by atoms with Gasteiger partial charge in [0.05, 0.1) is 6.54 Å². The molecule has 1 aromatic carbocycles. The van der Waals surface area contributed by atoms with Crippen LogP contribution in [0.2, 0.25) is 0 Å². The van der Waals surface area contributed by atoms with Gasteiger partial charge in [0.15, 0.2) is 0 Å². The molecule has 116 valence electrons. The first-order chi connectivity index (χ1) is 10.8. The highest BCUT2D eigenvalue weighted by atomic mass is 16.1. The van der Waals surface area contributed by atoms with E-state index in [1.807, 2.05) is 24.3 Å². The molecule has 1 amide bonds. The number of nitrogens with one attached hydrogen (secondary N) is 2. The summed E-state index contributed by atoms with van der Waals surface area (Å²) in [5.74, 6) is 0.615. The van der Waals surface area contributed by atoms with Gasteiger partial charge in [-0.15, -0.1) is 0 Å². The maximum absolute atomic E-state index is 12.1.